The molecule has 0 amide bonds. The van der Waals surface area contributed by atoms with Crippen LogP contribution in [0.2, 0.25) is 0 Å². The monoisotopic (exact) mass is 375 g/mol. The van der Waals surface area contributed by atoms with Crippen molar-refractivity contribution in [1.29, 1.82) is 0 Å². The van der Waals surface area contributed by atoms with Gasteiger partial charge in [0.25, 0.3) is 0 Å². The van der Waals surface area contributed by atoms with Crippen LogP contribution in [0.15, 0.2) is 36.7 Å². The van der Waals surface area contributed by atoms with Crippen LogP contribution in [0.1, 0.15) is 30.0 Å². The summed E-state index contributed by atoms with van der Waals surface area (Å²) in [5.41, 5.74) is 2.51. The molecule has 1 saturated carbocycles. The zero-order chi connectivity index (χ0) is 19.3. The zero-order valence-electron chi connectivity index (χ0n) is 15.6. The molecule has 0 spiro atoms. The maximum atomic E-state index is 7.46. The lowest BCUT2D eigenvalue weighted by atomic mass is 10.2. The molecule has 8 nitrogen and oxygen atoms in total. The molecule has 0 bridgehead atoms. The van der Waals surface area contributed by atoms with Gasteiger partial charge in [-0.15, -0.1) is 0 Å². The SMILES string of the molecule is [C-]#[N+]c1c(C)cc(Nc2cc(C3CC3)[nH]n2)nc1NCCOc1cccnc1. The Morgan fingerprint density at radius 1 is 1.32 bits per heavy atom. The number of aryl methyl sites for hydroxylation is 1. The lowest BCUT2D eigenvalue weighted by Gasteiger charge is -2.12. The summed E-state index contributed by atoms with van der Waals surface area (Å²) in [6, 6.07) is 7.55. The van der Waals surface area contributed by atoms with Crippen LogP contribution in [0.3, 0.4) is 0 Å². The van der Waals surface area contributed by atoms with Gasteiger partial charge in [-0.3, -0.25) is 10.1 Å². The number of pyridine rings is 2. The van der Waals surface area contributed by atoms with Crippen LogP contribution in [0.5, 0.6) is 5.75 Å². The highest BCUT2D eigenvalue weighted by molar-refractivity contribution is 5.73. The summed E-state index contributed by atoms with van der Waals surface area (Å²) in [6.45, 7) is 10.3. The third kappa shape index (κ3) is 4.20. The number of H-pyrrole nitrogens is 1. The number of ether oxygens (including phenoxy) is 1. The van der Waals surface area contributed by atoms with Crippen LogP contribution in [-0.4, -0.2) is 33.3 Å². The molecule has 4 rings (SSSR count). The van der Waals surface area contributed by atoms with Crippen molar-refractivity contribution in [3.05, 3.63) is 59.3 Å². The van der Waals surface area contributed by atoms with E-state index in [1.165, 1.54) is 12.8 Å². The molecule has 0 saturated heterocycles. The highest BCUT2D eigenvalue weighted by Gasteiger charge is 2.25. The van der Waals surface area contributed by atoms with Crippen molar-refractivity contribution in [3.63, 3.8) is 0 Å². The highest BCUT2D eigenvalue weighted by Crippen LogP contribution is 2.39. The second-order valence-electron chi connectivity index (χ2n) is 6.71. The summed E-state index contributed by atoms with van der Waals surface area (Å²) in [7, 11) is 0. The minimum atomic E-state index is 0.436. The van der Waals surface area contributed by atoms with E-state index in [1.54, 1.807) is 12.4 Å². The Hall–Kier alpha value is -3.60. The van der Waals surface area contributed by atoms with Crippen LogP contribution in [-0.2, 0) is 0 Å². The van der Waals surface area contributed by atoms with E-state index in [4.69, 9.17) is 11.3 Å². The molecule has 0 radical (unpaired) electrons. The van der Waals surface area contributed by atoms with Crippen molar-refractivity contribution in [3.8, 4) is 5.75 Å². The Morgan fingerprint density at radius 2 is 2.21 bits per heavy atom. The van der Waals surface area contributed by atoms with Gasteiger partial charge < -0.3 is 15.4 Å². The van der Waals surface area contributed by atoms with E-state index in [9.17, 15) is 0 Å². The lowest BCUT2D eigenvalue weighted by molar-refractivity contribution is 0.331. The molecule has 3 aromatic heterocycles. The second kappa shape index (κ2) is 7.96. The van der Waals surface area contributed by atoms with Gasteiger partial charge in [-0.25, -0.2) is 9.83 Å². The van der Waals surface area contributed by atoms with Crippen LogP contribution < -0.4 is 15.4 Å². The summed E-state index contributed by atoms with van der Waals surface area (Å²) < 4.78 is 5.63. The standard InChI is InChI=1S/C20H21N7O/c1-13-10-17(24-18-11-16(26-27-18)14-5-6-14)25-20(19(13)21-2)23-8-9-28-15-4-3-7-22-12-15/h3-4,7,10-12,14H,5-6,8-9H2,1H3,(H3,23,24,25,26,27). The molecule has 1 aliphatic carbocycles. The Labute approximate surface area is 163 Å². The molecule has 0 aliphatic heterocycles. The molecule has 3 aromatic rings. The van der Waals surface area contributed by atoms with Crippen molar-refractivity contribution in [2.75, 3.05) is 23.8 Å². The van der Waals surface area contributed by atoms with Crippen molar-refractivity contribution in [1.82, 2.24) is 20.2 Å². The van der Waals surface area contributed by atoms with Gasteiger partial charge in [0.1, 0.15) is 24.0 Å². The maximum absolute atomic E-state index is 7.46. The molecular formula is C20H21N7O. The van der Waals surface area contributed by atoms with E-state index >= 15 is 0 Å². The predicted octanol–water partition coefficient (Wildman–Crippen LogP) is 4.17. The zero-order valence-corrected chi connectivity index (χ0v) is 15.6. The molecule has 0 atom stereocenters. The minimum Gasteiger partial charge on any atom is -0.490 e. The first-order chi connectivity index (χ1) is 13.7. The second-order valence-corrected chi connectivity index (χ2v) is 6.71. The van der Waals surface area contributed by atoms with E-state index in [0.29, 0.717) is 42.1 Å². The topological polar surface area (TPSA) is 92.1 Å². The molecule has 0 unspecified atom stereocenters. The third-order valence-electron chi connectivity index (χ3n) is 4.46. The summed E-state index contributed by atoms with van der Waals surface area (Å²) in [4.78, 5) is 12.2. The van der Waals surface area contributed by atoms with Gasteiger partial charge in [-0.1, -0.05) is 0 Å². The number of nitrogens with zero attached hydrogens (tertiary/aromatic N) is 4. The smallest absolute Gasteiger partial charge is 0.231 e. The van der Waals surface area contributed by atoms with Crippen molar-refractivity contribution in [2.24, 2.45) is 0 Å². The number of hydrogen-bond donors (Lipinski definition) is 3. The fraction of sp³-hybridized carbons (Fsp3) is 0.300. The van der Waals surface area contributed by atoms with Crippen LogP contribution in [0, 0.1) is 13.5 Å². The third-order valence-corrected chi connectivity index (χ3v) is 4.46. The van der Waals surface area contributed by atoms with Crippen molar-refractivity contribution < 1.29 is 4.74 Å². The number of hydrogen-bond acceptors (Lipinski definition) is 6. The fourth-order valence-electron chi connectivity index (χ4n) is 2.90. The summed E-state index contributed by atoms with van der Waals surface area (Å²) in [5, 5.41) is 13.8. The molecular weight excluding hydrogens is 354 g/mol. The molecule has 28 heavy (non-hydrogen) atoms. The van der Waals surface area contributed by atoms with Crippen LogP contribution >= 0.6 is 0 Å². The van der Waals surface area contributed by atoms with Crippen LogP contribution in [0.25, 0.3) is 4.85 Å². The highest BCUT2D eigenvalue weighted by atomic mass is 16.5. The van der Waals surface area contributed by atoms with E-state index in [1.807, 2.05) is 31.2 Å². The Kier molecular flexibility index (Phi) is 5.06. The Morgan fingerprint density at radius 3 is 2.96 bits per heavy atom. The number of nitrogens with one attached hydrogen (secondary N) is 3. The summed E-state index contributed by atoms with van der Waals surface area (Å²) >= 11 is 0. The normalized spacial score (nSPS) is 13.0. The average molecular weight is 375 g/mol. The largest absolute Gasteiger partial charge is 0.490 e. The van der Waals surface area contributed by atoms with Gasteiger partial charge in [-0.05, 0) is 43.5 Å². The van der Waals surface area contributed by atoms with Gasteiger partial charge in [0.2, 0.25) is 5.69 Å². The minimum absolute atomic E-state index is 0.436. The quantitative estimate of drug-likeness (QED) is 0.404. The van der Waals surface area contributed by atoms with Crippen molar-refractivity contribution in [2.45, 2.75) is 25.7 Å². The number of aromatic nitrogens is 4. The Balaban J connectivity index is 1.42. The fourth-order valence-corrected chi connectivity index (χ4v) is 2.90. The Bertz CT molecular complexity index is 990. The average Bonchev–Trinajstić information content (AvgIpc) is 3.45. The lowest BCUT2D eigenvalue weighted by Crippen LogP contribution is -2.13. The summed E-state index contributed by atoms with van der Waals surface area (Å²) in [5.74, 6) is 3.23. The first-order valence-electron chi connectivity index (χ1n) is 9.21. The molecule has 3 heterocycles. The van der Waals surface area contributed by atoms with Gasteiger partial charge in [0.05, 0.1) is 12.8 Å². The van der Waals surface area contributed by atoms with Crippen molar-refractivity contribution >= 4 is 23.1 Å². The number of aromatic amines is 1. The number of anilines is 3. The van der Waals surface area contributed by atoms with Gasteiger partial charge in [0.15, 0.2) is 5.82 Å². The molecule has 0 aromatic carbocycles. The molecule has 8 heteroatoms. The van der Waals surface area contributed by atoms with Gasteiger partial charge >= 0.3 is 0 Å². The first-order valence-corrected chi connectivity index (χ1v) is 9.21. The van der Waals surface area contributed by atoms with E-state index < -0.39 is 0 Å². The molecule has 1 aliphatic rings. The van der Waals surface area contributed by atoms with Gasteiger partial charge in [-0.2, -0.15) is 5.10 Å². The molecule has 1 fully saturated rings. The summed E-state index contributed by atoms with van der Waals surface area (Å²) in [6.07, 6.45) is 5.80. The maximum Gasteiger partial charge on any atom is 0.231 e. The molecule has 3 N–H and O–H groups in total. The van der Waals surface area contributed by atoms with E-state index in [0.717, 1.165) is 17.1 Å². The number of rotatable bonds is 8. The van der Waals surface area contributed by atoms with E-state index in [2.05, 4.69) is 35.6 Å². The van der Waals surface area contributed by atoms with Crippen LogP contribution in [0.4, 0.5) is 23.1 Å². The molecule has 142 valence electrons. The predicted molar refractivity (Wildman–Crippen MR) is 107 cm³/mol. The van der Waals surface area contributed by atoms with E-state index in [-0.39, 0.29) is 0 Å². The first kappa shape index (κ1) is 17.8. The van der Waals surface area contributed by atoms with Gasteiger partial charge in [0, 0.05) is 30.4 Å².